The van der Waals surface area contributed by atoms with Gasteiger partial charge in [0, 0.05) is 30.6 Å². The number of nitrogens with one attached hydrogen (secondary N) is 1. The number of hydrogen-bond acceptors (Lipinski definition) is 5. The van der Waals surface area contributed by atoms with Crippen molar-refractivity contribution in [1.82, 2.24) is 4.90 Å². The first-order valence-corrected chi connectivity index (χ1v) is 10.2. The highest BCUT2D eigenvalue weighted by Crippen LogP contribution is 2.36. The van der Waals surface area contributed by atoms with Gasteiger partial charge in [-0.15, -0.1) is 0 Å². The molecule has 0 saturated carbocycles. The molecule has 164 valence electrons. The Morgan fingerprint density at radius 2 is 1.84 bits per heavy atom. The molecule has 0 radical (unpaired) electrons. The second kappa shape index (κ2) is 9.32. The fourth-order valence-corrected chi connectivity index (χ4v) is 3.80. The number of carbonyl (C=O) groups is 2. The number of rotatable bonds is 7. The van der Waals surface area contributed by atoms with Crippen LogP contribution < -0.4 is 11.1 Å². The second-order valence-electron chi connectivity index (χ2n) is 8.50. The maximum atomic E-state index is 12.1. The third-order valence-corrected chi connectivity index (χ3v) is 5.89. The van der Waals surface area contributed by atoms with Gasteiger partial charge in [-0.2, -0.15) is 0 Å². The first-order valence-electron chi connectivity index (χ1n) is 10.2. The topological polar surface area (TPSA) is 116 Å². The second-order valence-corrected chi connectivity index (χ2v) is 8.50. The number of carbonyl (C=O) groups excluding carboxylic acids is 1. The minimum absolute atomic E-state index is 0.0352. The lowest BCUT2D eigenvalue weighted by Gasteiger charge is -2.33. The molecule has 7 nitrogen and oxygen atoms in total. The summed E-state index contributed by atoms with van der Waals surface area (Å²) in [6.45, 7) is 4.76. The van der Waals surface area contributed by atoms with Crippen molar-refractivity contribution in [3.63, 3.8) is 0 Å². The zero-order chi connectivity index (χ0) is 22.6. The molecule has 0 aliphatic carbocycles. The lowest BCUT2D eigenvalue weighted by molar-refractivity contribution is -0.141. The van der Waals surface area contributed by atoms with Gasteiger partial charge in [-0.3, -0.25) is 14.5 Å². The Morgan fingerprint density at radius 3 is 2.45 bits per heavy atom. The van der Waals surface area contributed by atoms with E-state index in [1.807, 2.05) is 43.0 Å². The zero-order valence-electron chi connectivity index (χ0n) is 17.8. The van der Waals surface area contributed by atoms with Crippen LogP contribution in [-0.2, 0) is 9.59 Å². The number of anilines is 2. The van der Waals surface area contributed by atoms with Crippen LogP contribution in [0.5, 0.6) is 0 Å². The van der Waals surface area contributed by atoms with Crippen molar-refractivity contribution in [2.24, 2.45) is 5.92 Å². The SMILES string of the molecule is CC(C)(CO)N1C[C@H](C(=O)O)[C@@H](c2ccc(C=CC(=O)Nc3ccccc3N)cc2)C1. The normalized spacial score (nSPS) is 19.6. The van der Waals surface area contributed by atoms with Crippen LogP contribution in [0.4, 0.5) is 11.4 Å². The van der Waals surface area contributed by atoms with Gasteiger partial charge in [0.2, 0.25) is 5.91 Å². The predicted molar refractivity (Wildman–Crippen MR) is 122 cm³/mol. The van der Waals surface area contributed by atoms with Gasteiger partial charge in [-0.05, 0) is 43.2 Å². The largest absolute Gasteiger partial charge is 0.481 e. The van der Waals surface area contributed by atoms with Gasteiger partial charge in [0.05, 0.1) is 23.9 Å². The number of aliphatic hydroxyl groups excluding tert-OH is 1. The van der Waals surface area contributed by atoms with Crippen LogP contribution in [0.15, 0.2) is 54.6 Å². The van der Waals surface area contributed by atoms with Gasteiger partial charge in [-0.25, -0.2) is 0 Å². The van der Waals surface area contributed by atoms with Gasteiger partial charge < -0.3 is 21.3 Å². The number of nitrogen functional groups attached to an aromatic ring is 1. The third-order valence-electron chi connectivity index (χ3n) is 5.89. The average Bonchev–Trinajstić information content (AvgIpc) is 3.21. The van der Waals surface area contributed by atoms with E-state index in [1.54, 1.807) is 30.3 Å². The summed E-state index contributed by atoms with van der Waals surface area (Å²) in [4.78, 5) is 26.0. The molecule has 1 aliphatic rings. The first-order chi connectivity index (χ1) is 14.7. The minimum atomic E-state index is -0.831. The van der Waals surface area contributed by atoms with Crippen molar-refractivity contribution in [3.05, 3.63) is 65.7 Å². The fraction of sp³-hybridized carbons (Fsp3) is 0.333. The number of nitrogens with two attached hydrogens (primary N) is 1. The Bertz CT molecular complexity index is 969. The number of aliphatic carboxylic acids is 1. The van der Waals surface area contributed by atoms with E-state index in [-0.39, 0.29) is 18.4 Å². The van der Waals surface area contributed by atoms with E-state index >= 15 is 0 Å². The summed E-state index contributed by atoms with van der Waals surface area (Å²) in [5.74, 6) is -1.81. The summed E-state index contributed by atoms with van der Waals surface area (Å²) in [5.41, 5.74) is 8.18. The van der Waals surface area contributed by atoms with Crippen LogP contribution in [0.2, 0.25) is 0 Å². The molecule has 1 fully saturated rings. The molecule has 1 amide bonds. The summed E-state index contributed by atoms with van der Waals surface area (Å²) in [7, 11) is 0. The summed E-state index contributed by atoms with van der Waals surface area (Å²) in [6.07, 6.45) is 3.13. The van der Waals surface area contributed by atoms with Crippen molar-refractivity contribution in [3.8, 4) is 0 Å². The van der Waals surface area contributed by atoms with E-state index in [0.717, 1.165) is 11.1 Å². The lowest BCUT2D eigenvalue weighted by Crippen LogP contribution is -2.45. The van der Waals surface area contributed by atoms with E-state index in [9.17, 15) is 19.8 Å². The molecule has 0 spiro atoms. The Labute approximate surface area is 182 Å². The molecule has 1 aliphatic heterocycles. The highest BCUT2D eigenvalue weighted by Gasteiger charge is 2.43. The van der Waals surface area contributed by atoms with Crippen molar-refractivity contribution in [2.75, 3.05) is 30.7 Å². The molecular weight excluding hydrogens is 394 g/mol. The Kier molecular flexibility index (Phi) is 6.77. The molecule has 1 saturated heterocycles. The van der Waals surface area contributed by atoms with Crippen LogP contribution >= 0.6 is 0 Å². The Hall–Kier alpha value is -3.16. The standard InChI is InChI=1S/C24H29N3O4/c1-24(2,15-28)27-13-18(19(14-27)23(30)31)17-10-7-16(8-11-17)9-12-22(29)26-21-6-4-3-5-20(21)25/h3-12,18-19,28H,13-15,25H2,1-2H3,(H,26,29)(H,30,31)/t18-,19+/m1/s1. The summed E-state index contributed by atoms with van der Waals surface area (Å²) in [5, 5.41) is 22.1. The predicted octanol–water partition coefficient (Wildman–Crippen LogP) is 2.79. The van der Waals surface area contributed by atoms with E-state index in [0.29, 0.717) is 24.5 Å². The summed E-state index contributed by atoms with van der Waals surface area (Å²) in [6, 6.07) is 14.6. The molecular formula is C24H29N3O4. The van der Waals surface area contributed by atoms with Gasteiger partial charge in [0.1, 0.15) is 0 Å². The van der Waals surface area contributed by atoms with Crippen LogP contribution in [0.25, 0.3) is 6.08 Å². The monoisotopic (exact) mass is 423 g/mol. The maximum Gasteiger partial charge on any atom is 0.308 e. The number of carboxylic acids is 1. The zero-order valence-corrected chi connectivity index (χ0v) is 17.8. The quantitative estimate of drug-likeness (QED) is 0.402. The van der Waals surface area contributed by atoms with E-state index in [4.69, 9.17) is 5.73 Å². The Balaban J connectivity index is 1.69. The van der Waals surface area contributed by atoms with Crippen LogP contribution in [0.3, 0.4) is 0 Å². The molecule has 3 rings (SSSR count). The van der Waals surface area contributed by atoms with Crippen molar-refractivity contribution in [2.45, 2.75) is 25.3 Å². The molecule has 31 heavy (non-hydrogen) atoms. The molecule has 0 unspecified atom stereocenters. The number of carboxylic acid groups (broad SMARTS) is 1. The lowest BCUT2D eigenvalue weighted by atomic mass is 9.88. The number of para-hydroxylation sites is 2. The minimum Gasteiger partial charge on any atom is -0.481 e. The molecule has 0 bridgehead atoms. The van der Waals surface area contributed by atoms with Gasteiger partial charge in [0.25, 0.3) is 0 Å². The van der Waals surface area contributed by atoms with Crippen molar-refractivity contribution < 1.29 is 19.8 Å². The molecule has 1 heterocycles. The summed E-state index contributed by atoms with van der Waals surface area (Å²) < 4.78 is 0. The smallest absolute Gasteiger partial charge is 0.308 e. The fourth-order valence-electron chi connectivity index (χ4n) is 3.80. The number of aliphatic hydroxyl groups is 1. The third kappa shape index (κ3) is 5.31. The average molecular weight is 424 g/mol. The van der Waals surface area contributed by atoms with Crippen LogP contribution in [0, 0.1) is 5.92 Å². The number of hydrogen-bond donors (Lipinski definition) is 4. The van der Waals surface area contributed by atoms with E-state index in [2.05, 4.69) is 5.32 Å². The molecule has 2 aromatic carbocycles. The molecule has 2 atom stereocenters. The molecule has 2 aromatic rings. The van der Waals surface area contributed by atoms with Gasteiger partial charge in [0.15, 0.2) is 0 Å². The van der Waals surface area contributed by atoms with Crippen LogP contribution in [-0.4, -0.2) is 52.2 Å². The van der Waals surface area contributed by atoms with Gasteiger partial charge in [-0.1, -0.05) is 36.4 Å². The van der Waals surface area contributed by atoms with Crippen molar-refractivity contribution >= 4 is 29.3 Å². The highest BCUT2D eigenvalue weighted by molar-refractivity contribution is 6.03. The number of nitrogens with zero attached hydrogens (tertiary/aromatic N) is 1. The first kappa shape index (κ1) is 22.5. The van der Waals surface area contributed by atoms with E-state index in [1.165, 1.54) is 6.08 Å². The number of likely N-dealkylation sites (tertiary alicyclic amines) is 1. The molecule has 7 heteroatoms. The van der Waals surface area contributed by atoms with Crippen molar-refractivity contribution in [1.29, 1.82) is 0 Å². The number of amides is 1. The van der Waals surface area contributed by atoms with E-state index < -0.39 is 17.4 Å². The van der Waals surface area contributed by atoms with Gasteiger partial charge >= 0.3 is 5.97 Å². The molecule has 5 N–H and O–H groups in total. The highest BCUT2D eigenvalue weighted by atomic mass is 16.4. The Morgan fingerprint density at radius 1 is 1.16 bits per heavy atom. The molecule has 0 aromatic heterocycles. The maximum absolute atomic E-state index is 12.1. The summed E-state index contributed by atoms with van der Waals surface area (Å²) >= 11 is 0. The van der Waals surface area contributed by atoms with Crippen LogP contribution in [0.1, 0.15) is 30.9 Å². The number of benzene rings is 2.